The molecule has 2 heterocycles. The first-order valence-corrected chi connectivity index (χ1v) is 8.50. The van der Waals surface area contributed by atoms with E-state index in [1.54, 1.807) is 13.0 Å². The van der Waals surface area contributed by atoms with Gasteiger partial charge in [-0.2, -0.15) is 5.26 Å². The van der Waals surface area contributed by atoms with Crippen LogP contribution in [0.4, 0.5) is 0 Å². The normalized spacial score (nSPS) is 15.8. The van der Waals surface area contributed by atoms with Gasteiger partial charge in [-0.3, -0.25) is 0 Å². The van der Waals surface area contributed by atoms with E-state index in [2.05, 4.69) is 13.0 Å². The second-order valence-electron chi connectivity index (χ2n) is 6.12. The molecule has 1 atom stereocenters. The number of nitrogens with zero attached hydrogens (tertiary/aromatic N) is 1. The zero-order valence-corrected chi connectivity index (χ0v) is 14.7. The molecule has 0 fully saturated rings. The predicted molar refractivity (Wildman–Crippen MR) is 95.9 cm³/mol. The summed E-state index contributed by atoms with van der Waals surface area (Å²) in [4.78, 5) is 12.4. The van der Waals surface area contributed by atoms with Crippen molar-refractivity contribution in [3.8, 4) is 17.6 Å². The van der Waals surface area contributed by atoms with Gasteiger partial charge in [0.15, 0.2) is 0 Å². The maximum atomic E-state index is 12.4. The molecule has 1 aromatic carbocycles. The summed E-state index contributed by atoms with van der Waals surface area (Å²) in [7, 11) is 0. The van der Waals surface area contributed by atoms with Crippen molar-refractivity contribution in [3.05, 3.63) is 69.1 Å². The van der Waals surface area contributed by atoms with E-state index in [0.29, 0.717) is 18.1 Å². The number of rotatable bonds is 5. The van der Waals surface area contributed by atoms with Gasteiger partial charge in [0.1, 0.15) is 28.9 Å². The lowest BCUT2D eigenvalue weighted by atomic mass is 9.84. The van der Waals surface area contributed by atoms with Crippen LogP contribution in [-0.2, 0) is 0 Å². The van der Waals surface area contributed by atoms with Crippen LogP contribution in [0.2, 0.25) is 0 Å². The second-order valence-corrected chi connectivity index (χ2v) is 6.12. The Morgan fingerprint density at radius 2 is 2.04 bits per heavy atom. The van der Waals surface area contributed by atoms with Gasteiger partial charge in [0.2, 0.25) is 5.88 Å². The van der Waals surface area contributed by atoms with Crippen molar-refractivity contribution in [2.75, 3.05) is 6.61 Å². The lowest BCUT2D eigenvalue weighted by Gasteiger charge is -2.25. The van der Waals surface area contributed by atoms with Crippen molar-refractivity contribution >= 4 is 0 Å². The molecule has 2 N–H and O–H groups in total. The third kappa shape index (κ3) is 3.29. The van der Waals surface area contributed by atoms with Crippen LogP contribution in [0, 0.1) is 18.3 Å². The number of nitrogens with two attached hydrogens (primary N) is 1. The third-order valence-electron chi connectivity index (χ3n) is 4.24. The van der Waals surface area contributed by atoms with E-state index >= 15 is 0 Å². The molecule has 6 heteroatoms. The van der Waals surface area contributed by atoms with Gasteiger partial charge in [0, 0.05) is 6.07 Å². The monoisotopic (exact) mass is 352 g/mol. The van der Waals surface area contributed by atoms with Gasteiger partial charge in [-0.25, -0.2) is 4.79 Å². The van der Waals surface area contributed by atoms with Crippen LogP contribution in [0.15, 0.2) is 51.0 Å². The minimum absolute atomic E-state index is 0.00160. The van der Waals surface area contributed by atoms with Crippen LogP contribution >= 0.6 is 0 Å². The Hall–Kier alpha value is -3.20. The fraction of sp³-hybridized carbons (Fsp3) is 0.300. The summed E-state index contributed by atoms with van der Waals surface area (Å²) in [6.45, 7) is 4.40. The van der Waals surface area contributed by atoms with Crippen molar-refractivity contribution < 1.29 is 13.9 Å². The molecule has 0 amide bonds. The van der Waals surface area contributed by atoms with E-state index in [9.17, 15) is 10.1 Å². The summed E-state index contributed by atoms with van der Waals surface area (Å²) in [6.07, 6.45) is 2.04. The summed E-state index contributed by atoms with van der Waals surface area (Å²) >= 11 is 0. The minimum atomic E-state index is -0.634. The lowest BCUT2D eigenvalue weighted by Crippen LogP contribution is -2.26. The first kappa shape index (κ1) is 17.6. The molecule has 3 rings (SSSR count). The summed E-state index contributed by atoms with van der Waals surface area (Å²) in [5.74, 6) is 0.841. The molecule has 0 saturated heterocycles. The third-order valence-corrected chi connectivity index (χ3v) is 4.24. The fourth-order valence-electron chi connectivity index (χ4n) is 2.94. The molecule has 0 spiro atoms. The molecule has 6 nitrogen and oxygen atoms in total. The van der Waals surface area contributed by atoms with Crippen LogP contribution < -0.4 is 20.8 Å². The van der Waals surface area contributed by atoms with Crippen LogP contribution in [-0.4, -0.2) is 6.61 Å². The molecule has 0 bridgehead atoms. The standard InChI is InChI=1S/C20H20N2O4/c1-3-4-9-24-14-7-5-13(6-8-14)17-15(11-21)19(22)26-16-10-12(2)25-20(23)18(16)17/h5-8,10,17H,3-4,9,22H2,1-2H3/t17-/m0/s1. The van der Waals surface area contributed by atoms with Crippen LogP contribution in [0.1, 0.15) is 42.6 Å². The summed E-state index contributed by atoms with van der Waals surface area (Å²) in [6, 6.07) is 11.0. The maximum Gasteiger partial charge on any atom is 0.343 e. The van der Waals surface area contributed by atoms with Gasteiger partial charge in [-0.1, -0.05) is 25.5 Å². The molecular formula is C20H20N2O4. The number of allylic oxidation sites excluding steroid dienone is 1. The Bertz CT molecular complexity index is 936. The topological polar surface area (TPSA) is 98.5 Å². The summed E-state index contributed by atoms with van der Waals surface area (Å²) in [5.41, 5.74) is 6.60. The van der Waals surface area contributed by atoms with Gasteiger partial charge in [0.25, 0.3) is 0 Å². The van der Waals surface area contributed by atoms with Gasteiger partial charge in [-0.05, 0) is 31.0 Å². The van der Waals surface area contributed by atoms with Gasteiger partial charge in [-0.15, -0.1) is 0 Å². The quantitative estimate of drug-likeness (QED) is 0.829. The zero-order chi connectivity index (χ0) is 18.7. The Balaban J connectivity index is 2.03. The number of aryl methyl sites for hydroxylation is 1. The molecule has 26 heavy (non-hydrogen) atoms. The van der Waals surface area contributed by atoms with Crippen LogP contribution in [0.3, 0.4) is 0 Å². The summed E-state index contributed by atoms with van der Waals surface area (Å²) < 4.78 is 16.4. The second kappa shape index (κ2) is 7.36. The Kier molecular flexibility index (Phi) is 4.99. The lowest BCUT2D eigenvalue weighted by molar-refractivity contribution is 0.309. The number of benzene rings is 1. The smallest absolute Gasteiger partial charge is 0.343 e. The molecule has 1 aliphatic rings. The molecule has 0 radical (unpaired) electrons. The van der Waals surface area contributed by atoms with E-state index in [0.717, 1.165) is 24.2 Å². The van der Waals surface area contributed by atoms with Gasteiger partial charge in [0.05, 0.1) is 18.1 Å². The van der Waals surface area contributed by atoms with Crippen molar-refractivity contribution in [2.24, 2.45) is 5.73 Å². The molecule has 134 valence electrons. The zero-order valence-electron chi connectivity index (χ0n) is 14.7. The van der Waals surface area contributed by atoms with E-state index in [1.165, 1.54) is 0 Å². The van der Waals surface area contributed by atoms with Crippen molar-refractivity contribution in [2.45, 2.75) is 32.6 Å². The molecule has 0 unspecified atom stereocenters. The number of unbranched alkanes of at least 4 members (excludes halogenated alkanes) is 1. The molecule has 0 saturated carbocycles. The average Bonchev–Trinajstić information content (AvgIpc) is 2.61. The fourth-order valence-corrected chi connectivity index (χ4v) is 2.94. The van der Waals surface area contributed by atoms with E-state index in [-0.39, 0.29) is 17.0 Å². The van der Waals surface area contributed by atoms with Crippen molar-refractivity contribution in [1.82, 2.24) is 0 Å². The van der Waals surface area contributed by atoms with Crippen molar-refractivity contribution in [1.29, 1.82) is 5.26 Å². The van der Waals surface area contributed by atoms with E-state index < -0.39 is 11.5 Å². The first-order chi connectivity index (χ1) is 12.5. The van der Waals surface area contributed by atoms with E-state index in [1.807, 2.05) is 24.3 Å². The molecule has 1 aromatic heterocycles. The van der Waals surface area contributed by atoms with Crippen LogP contribution in [0.25, 0.3) is 0 Å². The SMILES string of the molecule is CCCCOc1ccc([C@H]2C(C#N)=C(N)Oc3cc(C)oc(=O)c32)cc1. The maximum absolute atomic E-state index is 12.4. The number of nitriles is 1. The highest BCUT2D eigenvalue weighted by molar-refractivity contribution is 5.54. The Morgan fingerprint density at radius 3 is 2.69 bits per heavy atom. The number of hydrogen-bond donors (Lipinski definition) is 1. The van der Waals surface area contributed by atoms with Crippen molar-refractivity contribution in [3.63, 3.8) is 0 Å². The molecule has 2 aromatic rings. The minimum Gasteiger partial charge on any atom is -0.494 e. The molecule has 1 aliphatic heterocycles. The highest BCUT2D eigenvalue weighted by Gasteiger charge is 2.34. The Morgan fingerprint density at radius 1 is 1.31 bits per heavy atom. The summed E-state index contributed by atoms with van der Waals surface area (Å²) in [5, 5.41) is 9.54. The Labute approximate surface area is 151 Å². The predicted octanol–water partition coefficient (Wildman–Crippen LogP) is 3.35. The first-order valence-electron chi connectivity index (χ1n) is 8.50. The average molecular weight is 352 g/mol. The number of ether oxygens (including phenoxy) is 2. The van der Waals surface area contributed by atoms with Gasteiger partial charge < -0.3 is 19.6 Å². The molecular weight excluding hydrogens is 332 g/mol. The van der Waals surface area contributed by atoms with E-state index in [4.69, 9.17) is 19.6 Å². The van der Waals surface area contributed by atoms with Crippen LogP contribution in [0.5, 0.6) is 11.5 Å². The number of hydrogen-bond acceptors (Lipinski definition) is 6. The highest BCUT2D eigenvalue weighted by atomic mass is 16.5. The number of fused-ring (bicyclic) bond motifs is 1. The molecule has 0 aliphatic carbocycles. The highest BCUT2D eigenvalue weighted by Crippen LogP contribution is 2.40. The van der Waals surface area contributed by atoms with Gasteiger partial charge >= 0.3 is 5.63 Å². The largest absolute Gasteiger partial charge is 0.494 e.